The Bertz CT molecular complexity index is 2290. The largest absolute Gasteiger partial charge is 0.493 e. The fourth-order valence-corrected chi connectivity index (χ4v) is 6.59. The van der Waals surface area contributed by atoms with Crippen molar-refractivity contribution < 1.29 is 52.9 Å². The number of aromatic amines is 1. The maximum Gasteiger partial charge on any atom is 0.408 e. The quantitative estimate of drug-likeness (QED) is 0.0396. The smallest absolute Gasteiger partial charge is 0.408 e. The normalized spacial score (nSPS) is 13.1. The molecule has 1 heterocycles. The summed E-state index contributed by atoms with van der Waals surface area (Å²) in [5.41, 5.74) is 7.52. The van der Waals surface area contributed by atoms with Crippen LogP contribution >= 0.6 is 0 Å². The number of nitrogens with one attached hydrogen (secondary N) is 6. The molecule has 3 aromatic carbocycles. The number of ether oxygens (including phenoxy) is 3. The summed E-state index contributed by atoms with van der Waals surface area (Å²) < 4.78 is 16.0. The van der Waals surface area contributed by atoms with Gasteiger partial charge in [-0.3, -0.25) is 28.8 Å². The predicted octanol–water partition coefficient (Wildman–Crippen LogP) is 3.28. The van der Waals surface area contributed by atoms with Gasteiger partial charge < -0.3 is 56.6 Å². The van der Waals surface area contributed by atoms with Crippen LogP contribution in [0.1, 0.15) is 63.1 Å². The van der Waals surface area contributed by atoms with Crippen molar-refractivity contribution in [3.05, 3.63) is 102 Å². The van der Waals surface area contributed by atoms with Gasteiger partial charge in [-0.1, -0.05) is 54.6 Å². The lowest BCUT2D eigenvalue weighted by molar-refractivity contribution is -0.141. The molecular weight excluding hydrogens is 827 g/mol. The number of methoxy groups -OCH3 is 2. The van der Waals surface area contributed by atoms with Crippen LogP contribution in [0.15, 0.2) is 85.1 Å². The van der Waals surface area contributed by atoms with Crippen molar-refractivity contribution >= 4 is 58.6 Å². The van der Waals surface area contributed by atoms with Crippen LogP contribution in [0.2, 0.25) is 0 Å². The minimum Gasteiger partial charge on any atom is -0.493 e. The highest BCUT2D eigenvalue weighted by atomic mass is 16.6. The molecule has 9 N–H and O–H groups in total. The number of unbranched alkanes of at least 4 members (excludes halogenated alkanes) is 1. The van der Waals surface area contributed by atoms with Crippen LogP contribution in [-0.4, -0.2) is 102 Å². The predicted molar refractivity (Wildman–Crippen MR) is 238 cm³/mol. The van der Waals surface area contributed by atoms with Gasteiger partial charge in [0.2, 0.25) is 29.5 Å². The number of nitrogens with two attached hydrogens (primary N) is 1. The number of aliphatic carboxylic acids is 1. The highest BCUT2D eigenvalue weighted by Crippen LogP contribution is 2.28. The number of H-pyrrole nitrogens is 1. The second-order valence-corrected chi connectivity index (χ2v) is 15.9. The third kappa shape index (κ3) is 15.8. The molecule has 0 fully saturated rings. The third-order valence-corrected chi connectivity index (χ3v) is 9.75. The van der Waals surface area contributed by atoms with E-state index in [1.165, 1.54) is 20.3 Å². The number of carbonyl (C=O) groups is 7. The fraction of sp³-hybridized carbons (Fsp3) is 0.370. The molecule has 342 valence electrons. The van der Waals surface area contributed by atoms with E-state index >= 15 is 0 Å². The van der Waals surface area contributed by atoms with Crippen molar-refractivity contribution in [3.8, 4) is 11.5 Å². The molecule has 0 radical (unpaired) electrons. The van der Waals surface area contributed by atoms with Gasteiger partial charge in [0.1, 0.15) is 29.8 Å². The number of carboxylic acid groups (broad SMARTS) is 1. The van der Waals surface area contributed by atoms with Crippen LogP contribution < -0.4 is 41.8 Å². The average molecular weight is 884 g/mol. The molecule has 0 spiro atoms. The number of hydrogen-bond acceptors (Lipinski definition) is 10. The van der Waals surface area contributed by atoms with E-state index < -0.39 is 77.8 Å². The van der Waals surface area contributed by atoms with E-state index in [4.69, 9.17) is 19.9 Å². The van der Waals surface area contributed by atoms with E-state index in [9.17, 15) is 38.7 Å². The average Bonchev–Trinajstić information content (AvgIpc) is 3.66. The lowest BCUT2D eigenvalue weighted by atomic mass is 10.0. The Balaban J connectivity index is 1.53. The Labute approximate surface area is 371 Å². The number of carbonyl (C=O) groups excluding carboxylic acids is 6. The van der Waals surface area contributed by atoms with E-state index in [0.29, 0.717) is 34.6 Å². The molecule has 0 saturated heterocycles. The van der Waals surface area contributed by atoms with Crippen molar-refractivity contribution in [3.63, 3.8) is 0 Å². The van der Waals surface area contributed by atoms with Gasteiger partial charge in [0.05, 0.1) is 20.6 Å². The van der Waals surface area contributed by atoms with Gasteiger partial charge in [-0.05, 0) is 81.0 Å². The fourth-order valence-electron chi connectivity index (χ4n) is 6.59. The molecule has 1 aromatic heterocycles. The molecule has 64 heavy (non-hydrogen) atoms. The summed E-state index contributed by atoms with van der Waals surface area (Å²) in [4.78, 5) is 95.0. The van der Waals surface area contributed by atoms with Crippen LogP contribution in [-0.2, 0) is 46.3 Å². The number of aromatic nitrogens is 1. The molecule has 0 aliphatic carbocycles. The molecule has 18 nitrogen and oxygen atoms in total. The molecule has 4 rings (SSSR count). The Morgan fingerprint density at radius 1 is 0.750 bits per heavy atom. The van der Waals surface area contributed by atoms with Gasteiger partial charge in [0.25, 0.3) is 0 Å². The number of fused-ring (bicyclic) bond motifs is 1. The molecule has 4 atom stereocenters. The molecule has 0 aliphatic heterocycles. The van der Waals surface area contributed by atoms with Crippen molar-refractivity contribution in [2.24, 2.45) is 5.73 Å². The maximum atomic E-state index is 14.2. The summed E-state index contributed by atoms with van der Waals surface area (Å²) in [5, 5.41) is 23.5. The van der Waals surface area contributed by atoms with Gasteiger partial charge in [-0.15, -0.1) is 0 Å². The molecule has 0 saturated carbocycles. The van der Waals surface area contributed by atoms with E-state index in [-0.39, 0.29) is 32.2 Å². The second-order valence-electron chi connectivity index (χ2n) is 15.9. The van der Waals surface area contributed by atoms with Crippen molar-refractivity contribution in [1.82, 2.24) is 31.6 Å². The molecule has 0 unspecified atom stereocenters. The van der Waals surface area contributed by atoms with E-state index in [1.807, 2.05) is 24.3 Å². The van der Waals surface area contributed by atoms with Crippen LogP contribution in [0.25, 0.3) is 17.0 Å². The first kappa shape index (κ1) is 49.3. The van der Waals surface area contributed by atoms with Gasteiger partial charge in [0.15, 0.2) is 11.5 Å². The minimum atomic E-state index is -1.69. The van der Waals surface area contributed by atoms with Crippen molar-refractivity contribution in [2.75, 3.05) is 20.8 Å². The zero-order chi connectivity index (χ0) is 46.8. The first-order chi connectivity index (χ1) is 30.5. The van der Waals surface area contributed by atoms with Gasteiger partial charge in [-0.2, -0.15) is 0 Å². The number of para-hydroxylation sites is 1. The Kier molecular flexibility index (Phi) is 18.3. The van der Waals surface area contributed by atoms with Crippen molar-refractivity contribution in [2.45, 2.75) is 89.1 Å². The number of alkyl carbamates (subject to hydrolysis) is 1. The molecular formula is C46H57N7O11. The zero-order valence-electron chi connectivity index (χ0n) is 36.5. The summed E-state index contributed by atoms with van der Waals surface area (Å²) in [5.74, 6) is -4.37. The van der Waals surface area contributed by atoms with Crippen LogP contribution in [0.5, 0.6) is 11.5 Å². The summed E-state index contributed by atoms with van der Waals surface area (Å²) in [7, 11) is 3.02. The number of primary amides is 1. The van der Waals surface area contributed by atoms with E-state index in [2.05, 4.69) is 31.6 Å². The summed E-state index contributed by atoms with van der Waals surface area (Å²) in [6, 6.07) is 15.6. The monoisotopic (exact) mass is 883 g/mol. The van der Waals surface area contributed by atoms with Crippen LogP contribution in [0.3, 0.4) is 0 Å². The first-order valence-electron chi connectivity index (χ1n) is 20.6. The van der Waals surface area contributed by atoms with Crippen LogP contribution in [0.4, 0.5) is 4.79 Å². The maximum absolute atomic E-state index is 14.2. The van der Waals surface area contributed by atoms with Gasteiger partial charge in [-0.25, -0.2) is 4.79 Å². The standard InChI is InChI=1S/C46H57N7O11/c1-46(2,3)64-45(61)53-35(25-30-27-49-32-16-10-9-15-31(30)32)43(59)50-33(17-11-12-22-48-39(54)21-19-29-18-20-37(62-4)38(24-29)63-5)42(58)52-36(26-40(55)56)44(60)51-34(41(47)57)23-28-13-7-6-8-14-28/h6-10,13-16,18-21,24,27,33-36,49H,11-12,17,22-23,25-26H2,1-5H3,(H2,47,57)(H,48,54)(H,50,59)(H,51,60)(H,52,58)(H,53,61)(H,55,56)/b21-19-/t33-,34-,35-,36-/m0/s1. The second kappa shape index (κ2) is 23.7. The highest BCUT2D eigenvalue weighted by Gasteiger charge is 2.33. The van der Waals surface area contributed by atoms with Crippen molar-refractivity contribution in [1.29, 1.82) is 0 Å². The Morgan fingerprint density at radius 3 is 2.06 bits per heavy atom. The third-order valence-electron chi connectivity index (χ3n) is 9.75. The number of carboxylic acids is 1. The topological polar surface area (TPSA) is 269 Å². The number of rotatable bonds is 23. The van der Waals surface area contributed by atoms with E-state index in [0.717, 1.165) is 10.9 Å². The zero-order valence-corrected chi connectivity index (χ0v) is 36.5. The highest BCUT2D eigenvalue weighted by molar-refractivity contribution is 5.97. The summed E-state index contributed by atoms with van der Waals surface area (Å²) in [6.07, 6.45) is 3.41. The number of amides is 6. The van der Waals surface area contributed by atoms with Gasteiger partial charge >= 0.3 is 12.1 Å². The Hall–Kier alpha value is -7.37. The molecule has 0 bridgehead atoms. The molecule has 18 heteroatoms. The lowest BCUT2D eigenvalue weighted by Crippen LogP contribution is -2.59. The Morgan fingerprint density at radius 2 is 1.39 bits per heavy atom. The molecule has 6 amide bonds. The summed E-state index contributed by atoms with van der Waals surface area (Å²) >= 11 is 0. The van der Waals surface area contributed by atoms with Gasteiger partial charge in [0, 0.05) is 42.6 Å². The minimum absolute atomic E-state index is 0.000635. The van der Waals surface area contributed by atoms with Crippen LogP contribution in [0, 0.1) is 0 Å². The van der Waals surface area contributed by atoms with E-state index in [1.54, 1.807) is 81.6 Å². The lowest BCUT2D eigenvalue weighted by Gasteiger charge is -2.26. The number of benzene rings is 3. The summed E-state index contributed by atoms with van der Waals surface area (Å²) in [6.45, 7) is 5.17. The first-order valence-corrected chi connectivity index (χ1v) is 20.6. The SMILES string of the molecule is COc1ccc(/C=C\C(=O)NCCCC[C@H](NC(=O)[C@H](Cc2c[nH]c3ccccc23)NC(=O)OC(C)(C)C)C(=O)N[C@@H](CC(=O)O)C(=O)N[C@@H](Cc2ccccc2)C(N)=O)cc1OC. The molecule has 4 aromatic rings. The molecule has 0 aliphatic rings. The number of hydrogen-bond donors (Lipinski definition) is 8.